The molecule has 2 aromatic heterocycles. The zero-order valence-corrected chi connectivity index (χ0v) is 12.8. The Balaban J connectivity index is 2.45. The van der Waals surface area contributed by atoms with E-state index < -0.39 is 11.9 Å². The number of aromatic carboxylic acids is 1. The summed E-state index contributed by atoms with van der Waals surface area (Å²) in [7, 11) is 1.56. The Hall–Kier alpha value is -2.84. The van der Waals surface area contributed by atoms with E-state index in [4.69, 9.17) is 5.73 Å². The summed E-state index contributed by atoms with van der Waals surface area (Å²) in [6.45, 7) is 5.57. The highest BCUT2D eigenvalue weighted by atomic mass is 16.4. The Kier molecular flexibility index (Phi) is 3.89. The van der Waals surface area contributed by atoms with Gasteiger partial charge < -0.3 is 16.2 Å². The molecule has 1 amide bonds. The van der Waals surface area contributed by atoms with Gasteiger partial charge in [-0.25, -0.2) is 4.79 Å². The number of carbonyl (C=O) groups is 2. The molecule has 2 heterocycles. The fraction of sp³-hybridized carbons (Fsp3) is 0.385. The van der Waals surface area contributed by atoms with Crippen molar-refractivity contribution in [2.75, 3.05) is 11.1 Å². The third kappa shape index (κ3) is 2.41. The number of aryl methyl sites for hydroxylation is 4. The number of nitrogens with zero attached hydrogens (tertiary/aromatic N) is 4. The third-order valence-electron chi connectivity index (χ3n) is 3.36. The zero-order chi connectivity index (χ0) is 16.6. The normalized spacial score (nSPS) is 10.7. The van der Waals surface area contributed by atoms with Crippen molar-refractivity contribution in [2.24, 2.45) is 7.05 Å². The summed E-state index contributed by atoms with van der Waals surface area (Å²) in [6, 6.07) is 0. The van der Waals surface area contributed by atoms with Crippen LogP contribution >= 0.6 is 0 Å². The lowest BCUT2D eigenvalue weighted by molar-refractivity contribution is 0.0697. The molecule has 0 saturated heterocycles. The molecular formula is C13H18N6O3. The van der Waals surface area contributed by atoms with Crippen LogP contribution in [-0.4, -0.2) is 36.5 Å². The van der Waals surface area contributed by atoms with Crippen molar-refractivity contribution >= 4 is 23.4 Å². The summed E-state index contributed by atoms with van der Waals surface area (Å²) in [5.41, 5.74) is 7.19. The van der Waals surface area contributed by atoms with Crippen LogP contribution in [0.25, 0.3) is 0 Å². The van der Waals surface area contributed by atoms with Gasteiger partial charge in [0.1, 0.15) is 17.1 Å². The van der Waals surface area contributed by atoms with E-state index in [9.17, 15) is 14.7 Å². The molecule has 2 rings (SSSR count). The first-order valence-electron chi connectivity index (χ1n) is 6.69. The van der Waals surface area contributed by atoms with Crippen molar-refractivity contribution in [3.8, 4) is 0 Å². The number of anilines is 2. The maximum atomic E-state index is 12.5. The molecule has 0 fully saturated rings. The molecule has 2 aromatic rings. The first kappa shape index (κ1) is 15.5. The van der Waals surface area contributed by atoms with Crippen molar-refractivity contribution in [3.63, 3.8) is 0 Å². The lowest BCUT2D eigenvalue weighted by Crippen LogP contribution is -2.21. The van der Waals surface area contributed by atoms with Crippen molar-refractivity contribution in [1.29, 1.82) is 0 Å². The van der Waals surface area contributed by atoms with E-state index in [0.29, 0.717) is 17.9 Å². The van der Waals surface area contributed by atoms with E-state index in [1.165, 1.54) is 9.36 Å². The Morgan fingerprint density at radius 2 is 1.91 bits per heavy atom. The SMILES string of the molecule is CCn1nc(C)c(N)c1C(=O)Nc1c(C(=O)O)c(C)nn1C. The highest BCUT2D eigenvalue weighted by Gasteiger charge is 2.25. The van der Waals surface area contributed by atoms with Crippen LogP contribution in [0.15, 0.2) is 0 Å². The summed E-state index contributed by atoms with van der Waals surface area (Å²) in [4.78, 5) is 23.8. The molecule has 0 aromatic carbocycles. The fourth-order valence-electron chi connectivity index (χ4n) is 2.29. The first-order valence-corrected chi connectivity index (χ1v) is 6.69. The number of hydrogen-bond acceptors (Lipinski definition) is 5. The minimum absolute atomic E-state index is 0.0475. The zero-order valence-electron chi connectivity index (χ0n) is 12.8. The van der Waals surface area contributed by atoms with Crippen LogP contribution in [0.4, 0.5) is 11.5 Å². The average molecular weight is 306 g/mol. The summed E-state index contributed by atoms with van der Waals surface area (Å²) in [5, 5.41) is 20.0. The number of nitrogens with two attached hydrogens (primary N) is 1. The second-order valence-electron chi connectivity index (χ2n) is 4.86. The van der Waals surface area contributed by atoms with Gasteiger partial charge in [-0.15, -0.1) is 0 Å². The van der Waals surface area contributed by atoms with Gasteiger partial charge in [-0.05, 0) is 20.8 Å². The number of amides is 1. The molecule has 0 bridgehead atoms. The number of nitrogen functional groups attached to an aromatic ring is 1. The van der Waals surface area contributed by atoms with Crippen LogP contribution in [0.3, 0.4) is 0 Å². The molecule has 4 N–H and O–H groups in total. The molecule has 0 spiro atoms. The van der Waals surface area contributed by atoms with E-state index in [1.807, 2.05) is 6.92 Å². The molecule has 0 atom stereocenters. The number of rotatable bonds is 4. The van der Waals surface area contributed by atoms with E-state index in [2.05, 4.69) is 15.5 Å². The first-order chi connectivity index (χ1) is 10.3. The van der Waals surface area contributed by atoms with Gasteiger partial charge in [0.2, 0.25) is 0 Å². The summed E-state index contributed by atoms with van der Waals surface area (Å²) >= 11 is 0. The lowest BCUT2D eigenvalue weighted by Gasteiger charge is -2.09. The largest absolute Gasteiger partial charge is 0.477 e. The second kappa shape index (κ2) is 5.51. The van der Waals surface area contributed by atoms with Gasteiger partial charge in [-0.2, -0.15) is 10.2 Å². The summed E-state index contributed by atoms with van der Waals surface area (Å²) in [5.74, 6) is -1.57. The fourth-order valence-corrected chi connectivity index (χ4v) is 2.29. The molecule has 0 radical (unpaired) electrons. The average Bonchev–Trinajstić information content (AvgIpc) is 2.87. The van der Waals surface area contributed by atoms with Crippen molar-refractivity contribution in [1.82, 2.24) is 19.6 Å². The van der Waals surface area contributed by atoms with Crippen LogP contribution in [0, 0.1) is 13.8 Å². The molecule has 0 aliphatic heterocycles. The van der Waals surface area contributed by atoms with E-state index in [-0.39, 0.29) is 22.8 Å². The minimum Gasteiger partial charge on any atom is -0.477 e. The smallest absolute Gasteiger partial charge is 0.341 e. The van der Waals surface area contributed by atoms with Gasteiger partial charge in [0.15, 0.2) is 0 Å². The Bertz CT molecular complexity index is 758. The second-order valence-corrected chi connectivity index (χ2v) is 4.86. The van der Waals surface area contributed by atoms with Crippen molar-refractivity contribution in [2.45, 2.75) is 27.3 Å². The Labute approximate surface area is 126 Å². The van der Waals surface area contributed by atoms with Gasteiger partial charge in [-0.3, -0.25) is 14.2 Å². The number of aromatic nitrogens is 4. The Morgan fingerprint density at radius 1 is 1.27 bits per heavy atom. The van der Waals surface area contributed by atoms with Crippen LogP contribution in [-0.2, 0) is 13.6 Å². The van der Waals surface area contributed by atoms with Crippen molar-refractivity contribution in [3.05, 3.63) is 22.6 Å². The predicted molar refractivity (Wildman–Crippen MR) is 79.9 cm³/mol. The molecule has 22 heavy (non-hydrogen) atoms. The van der Waals surface area contributed by atoms with E-state index in [1.54, 1.807) is 20.9 Å². The van der Waals surface area contributed by atoms with Gasteiger partial charge >= 0.3 is 5.97 Å². The molecule has 0 saturated carbocycles. The molecule has 9 nitrogen and oxygen atoms in total. The maximum absolute atomic E-state index is 12.5. The molecule has 0 unspecified atom stereocenters. The number of hydrogen-bond donors (Lipinski definition) is 3. The van der Waals surface area contributed by atoms with Crippen LogP contribution in [0.5, 0.6) is 0 Å². The highest BCUT2D eigenvalue weighted by Crippen LogP contribution is 2.22. The third-order valence-corrected chi connectivity index (χ3v) is 3.36. The monoisotopic (exact) mass is 306 g/mol. The molecule has 9 heteroatoms. The van der Waals surface area contributed by atoms with E-state index in [0.717, 1.165) is 0 Å². The minimum atomic E-state index is -1.16. The highest BCUT2D eigenvalue weighted by molar-refractivity contribution is 6.09. The molecular weight excluding hydrogens is 288 g/mol. The molecule has 118 valence electrons. The van der Waals surface area contributed by atoms with Crippen LogP contribution in [0.1, 0.15) is 39.2 Å². The van der Waals surface area contributed by atoms with E-state index >= 15 is 0 Å². The Morgan fingerprint density at radius 3 is 2.45 bits per heavy atom. The van der Waals surface area contributed by atoms with Gasteiger partial charge in [-0.1, -0.05) is 0 Å². The van der Waals surface area contributed by atoms with Crippen molar-refractivity contribution < 1.29 is 14.7 Å². The van der Waals surface area contributed by atoms with Gasteiger partial charge in [0, 0.05) is 13.6 Å². The molecule has 0 aliphatic carbocycles. The van der Waals surface area contributed by atoms with Gasteiger partial charge in [0.25, 0.3) is 5.91 Å². The number of carboxylic acid groups (broad SMARTS) is 1. The maximum Gasteiger partial charge on any atom is 0.341 e. The van der Waals surface area contributed by atoms with Crippen LogP contribution < -0.4 is 11.1 Å². The molecule has 0 aliphatic rings. The number of nitrogens with one attached hydrogen (secondary N) is 1. The summed E-state index contributed by atoms with van der Waals surface area (Å²) in [6.07, 6.45) is 0. The standard InChI is InChI=1S/C13H18N6O3/c1-5-19-10(9(14)7(3)17-19)12(20)15-11-8(13(21)22)6(2)16-18(11)4/h5,14H2,1-4H3,(H,15,20)(H,21,22). The van der Waals surface area contributed by atoms with Crippen LogP contribution in [0.2, 0.25) is 0 Å². The summed E-state index contributed by atoms with van der Waals surface area (Å²) < 4.78 is 2.79. The topological polar surface area (TPSA) is 128 Å². The predicted octanol–water partition coefficient (Wildman–Crippen LogP) is 0.786. The number of carboxylic acids is 1. The number of carbonyl (C=O) groups excluding carboxylic acids is 1. The lowest BCUT2D eigenvalue weighted by atomic mass is 10.2. The van der Waals surface area contributed by atoms with Gasteiger partial charge in [0.05, 0.1) is 17.1 Å². The quantitative estimate of drug-likeness (QED) is 0.766.